The van der Waals surface area contributed by atoms with Gasteiger partial charge in [0.1, 0.15) is 0 Å². The number of hydrogen-bond acceptors (Lipinski definition) is 1. The first-order chi connectivity index (χ1) is 8.88. The minimum absolute atomic E-state index is 0.292. The molecule has 3 rings (SSSR count). The number of aromatic nitrogens is 2. The molecule has 18 heavy (non-hydrogen) atoms. The fourth-order valence-electron chi connectivity index (χ4n) is 2.26. The van der Waals surface area contributed by atoms with E-state index in [4.69, 9.17) is 0 Å². The molecule has 0 saturated carbocycles. The Hall–Kier alpha value is -1.74. The summed E-state index contributed by atoms with van der Waals surface area (Å²) in [7, 11) is 0. The third-order valence-corrected chi connectivity index (χ3v) is 4.48. The van der Waals surface area contributed by atoms with Gasteiger partial charge in [0.15, 0.2) is 0 Å². The van der Waals surface area contributed by atoms with Gasteiger partial charge in [-0.1, -0.05) is 6.92 Å². The highest BCUT2D eigenvalue weighted by Gasteiger charge is 2.19. The maximum Gasteiger partial charge on any atom is 0.0734 e. The van der Waals surface area contributed by atoms with Crippen LogP contribution in [-0.4, -0.2) is 9.97 Å². The van der Waals surface area contributed by atoms with Crippen molar-refractivity contribution in [2.75, 3.05) is 0 Å². The topological polar surface area (TPSA) is 31.6 Å². The summed E-state index contributed by atoms with van der Waals surface area (Å²) >= 11 is 1.90. The summed E-state index contributed by atoms with van der Waals surface area (Å²) in [4.78, 5) is 9.50. The van der Waals surface area contributed by atoms with Crippen molar-refractivity contribution in [1.82, 2.24) is 9.97 Å². The molecule has 3 aromatic heterocycles. The molecule has 0 aliphatic rings. The minimum atomic E-state index is 0.292. The Morgan fingerprint density at radius 1 is 1.00 bits per heavy atom. The highest BCUT2D eigenvalue weighted by atomic mass is 32.1. The van der Waals surface area contributed by atoms with Gasteiger partial charge in [0, 0.05) is 33.5 Å². The zero-order valence-electron chi connectivity index (χ0n) is 10.3. The quantitative estimate of drug-likeness (QED) is 0.703. The number of thiophene rings is 1. The molecule has 0 amide bonds. The molecule has 0 fully saturated rings. The van der Waals surface area contributed by atoms with Gasteiger partial charge >= 0.3 is 0 Å². The van der Waals surface area contributed by atoms with Gasteiger partial charge in [-0.05, 0) is 42.8 Å². The Morgan fingerprint density at radius 3 is 2.11 bits per heavy atom. The van der Waals surface area contributed by atoms with Crippen molar-refractivity contribution < 1.29 is 0 Å². The number of aromatic amines is 2. The van der Waals surface area contributed by atoms with E-state index < -0.39 is 0 Å². The molecule has 0 aliphatic carbocycles. The highest BCUT2D eigenvalue weighted by Crippen LogP contribution is 2.34. The summed E-state index contributed by atoms with van der Waals surface area (Å²) in [5.74, 6) is 0.292. The van der Waals surface area contributed by atoms with Crippen LogP contribution in [0.25, 0.3) is 0 Å². The van der Waals surface area contributed by atoms with Crippen LogP contribution < -0.4 is 0 Å². The molecule has 0 unspecified atom stereocenters. The Bertz CT molecular complexity index is 556. The maximum absolute atomic E-state index is 3.34. The third-order valence-electron chi connectivity index (χ3n) is 3.18. The van der Waals surface area contributed by atoms with Crippen molar-refractivity contribution in [2.45, 2.75) is 19.3 Å². The lowest BCUT2D eigenvalue weighted by Gasteiger charge is -2.12. The average molecular weight is 256 g/mol. The fraction of sp³-hybridized carbons (Fsp3) is 0.200. The monoisotopic (exact) mass is 256 g/mol. The summed E-state index contributed by atoms with van der Waals surface area (Å²) in [6, 6.07) is 12.9. The van der Waals surface area contributed by atoms with Crippen molar-refractivity contribution in [1.29, 1.82) is 0 Å². The smallest absolute Gasteiger partial charge is 0.0734 e. The molecule has 0 aliphatic heterocycles. The third kappa shape index (κ3) is 2.02. The van der Waals surface area contributed by atoms with E-state index in [1.54, 1.807) is 0 Å². The van der Waals surface area contributed by atoms with E-state index in [-0.39, 0.29) is 0 Å². The Balaban J connectivity index is 2.05. The standard InChI is InChI=1S/C15H16N2S/c1-2-11-7-8-14(18-11)15(12-5-3-9-16-12)13-6-4-10-17-13/h3-10,15-17H,2H2,1H3. The second kappa shape index (κ2) is 4.86. The lowest BCUT2D eigenvalue weighted by atomic mass is 10.00. The van der Waals surface area contributed by atoms with E-state index in [0.717, 1.165) is 6.42 Å². The number of rotatable bonds is 4. The molecule has 0 radical (unpaired) electrons. The van der Waals surface area contributed by atoms with Gasteiger partial charge in [0.25, 0.3) is 0 Å². The Kier molecular flexibility index (Phi) is 3.07. The fourth-order valence-corrected chi connectivity index (χ4v) is 3.35. The second-order valence-electron chi connectivity index (χ2n) is 4.34. The van der Waals surface area contributed by atoms with E-state index in [0.29, 0.717) is 5.92 Å². The van der Waals surface area contributed by atoms with E-state index in [2.05, 4.69) is 53.3 Å². The Labute approximate surface area is 111 Å². The van der Waals surface area contributed by atoms with Gasteiger partial charge in [-0.25, -0.2) is 0 Å². The lowest BCUT2D eigenvalue weighted by Crippen LogP contribution is -2.01. The van der Waals surface area contributed by atoms with Crippen LogP contribution in [0.5, 0.6) is 0 Å². The van der Waals surface area contributed by atoms with E-state index in [9.17, 15) is 0 Å². The molecule has 0 aromatic carbocycles. The van der Waals surface area contributed by atoms with Crippen molar-refractivity contribution in [3.8, 4) is 0 Å². The molecule has 2 N–H and O–H groups in total. The zero-order chi connectivity index (χ0) is 12.4. The lowest BCUT2D eigenvalue weighted by molar-refractivity contribution is 0.917. The van der Waals surface area contributed by atoms with Crippen molar-refractivity contribution in [3.63, 3.8) is 0 Å². The normalized spacial score (nSPS) is 11.2. The van der Waals surface area contributed by atoms with Crippen LogP contribution in [0.1, 0.15) is 34.0 Å². The first kappa shape index (κ1) is 11.4. The van der Waals surface area contributed by atoms with E-state index in [1.165, 1.54) is 21.1 Å². The van der Waals surface area contributed by atoms with Crippen LogP contribution in [0.4, 0.5) is 0 Å². The van der Waals surface area contributed by atoms with Gasteiger partial charge in [0.05, 0.1) is 5.92 Å². The van der Waals surface area contributed by atoms with Gasteiger partial charge in [-0.2, -0.15) is 0 Å². The van der Waals surface area contributed by atoms with Gasteiger partial charge < -0.3 is 9.97 Å². The van der Waals surface area contributed by atoms with Crippen molar-refractivity contribution in [3.05, 3.63) is 69.9 Å². The largest absolute Gasteiger partial charge is 0.364 e. The first-order valence-electron chi connectivity index (χ1n) is 6.23. The molecular weight excluding hydrogens is 240 g/mol. The zero-order valence-corrected chi connectivity index (χ0v) is 11.1. The molecule has 0 bridgehead atoms. The van der Waals surface area contributed by atoms with Crippen molar-refractivity contribution in [2.24, 2.45) is 0 Å². The molecule has 3 heteroatoms. The van der Waals surface area contributed by atoms with Gasteiger partial charge in [-0.3, -0.25) is 0 Å². The number of H-pyrrole nitrogens is 2. The predicted octanol–water partition coefficient (Wildman–Crippen LogP) is 4.15. The maximum atomic E-state index is 3.34. The molecular formula is C15H16N2S. The van der Waals surface area contributed by atoms with Crippen molar-refractivity contribution >= 4 is 11.3 Å². The van der Waals surface area contributed by atoms with E-state index in [1.807, 2.05) is 23.7 Å². The highest BCUT2D eigenvalue weighted by molar-refractivity contribution is 7.12. The predicted molar refractivity (Wildman–Crippen MR) is 76.2 cm³/mol. The number of hydrogen-bond donors (Lipinski definition) is 2. The van der Waals surface area contributed by atoms with Crippen LogP contribution in [0.15, 0.2) is 48.8 Å². The Morgan fingerprint density at radius 2 is 1.67 bits per heavy atom. The molecule has 3 heterocycles. The molecule has 0 atom stereocenters. The average Bonchev–Trinajstić information content (AvgIpc) is 3.13. The van der Waals surface area contributed by atoms with Crippen LogP contribution in [0.2, 0.25) is 0 Å². The van der Waals surface area contributed by atoms with Gasteiger partial charge in [-0.15, -0.1) is 11.3 Å². The molecule has 0 spiro atoms. The molecule has 92 valence electrons. The first-order valence-corrected chi connectivity index (χ1v) is 7.05. The minimum Gasteiger partial charge on any atom is -0.364 e. The van der Waals surface area contributed by atoms with E-state index >= 15 is 0 Å². The summed E-state index contributed by atoms with van der Waals surface area (Å²) in [5, 5.41) is 0. The summed E-state index contributed by atoms with van der Waals surface area (Å²) in [6.07, 6.45) is 5.08. The summed E-state index contributed by atoms with van der Waals surface area (Å²) in [6.45, 7) is 2.20. The molecule has 3 aromatic rings. The van der Waals surface area contributed by atoms with Crippen LogP contribution >= 0.6 is 11.3 Å². The number of aryl methyl sites for hydroxylation is 1. The second-order valence-corrected chi connectivity index (χ2v) is 5.54. The SMILES string of the molecule is CCc1ccc(C(c2ccc[nH]2)c2ccc[nH]2)s1. The van der Waals surface area contributed by atoms with Crippen LogP contribution in [0, 0.1) is 0 Å². The van der Waals surface area contributed by atoms with Gasteiger partial charge in [0.2, 0.25) is 0 Å². The van der Waals surface area contributed by atoms with Crippen LogP contribution in [-0.2, 0) is 6.42 Å². The molecule has 2 nitrogen and oxygen atoms in total. The summed E-state index contributed by atoms with van der Waals surface area (Å²) < 4.78 is 0. The van der Waals surface area contributed by atoms with Crippen LogP contribution in [0.3, 0.4) is 0 Å². The molecule has 0 saturated heterocycles. The number of nitrogens with one attached hydrogen (secondary N) is 2. The summed E-state index contributed by atoms with van der Waals surface area (Å²) in [5.41, 5.74) is 2.48.